The van der Waals surface area contributed by atoms with Crippen LogP contribution in [0.15, 0.2) is 59.8 Å². The van der Waals surface area contributed by atoms with E-state index >= 15 is 0 Å². The number of nitrogens with zero attached hydrogens (tertiary/aromatic N) is 1. The number of aromatic nitrogens is 1. The fraction of sp³-hybridized carbons (Fsp3) is 0.0714. The molecule has 0 unspecified atom stereocenters. The van der Waals surface area contributed by atoms with Crippen molar-refractivity contribution in [2.45, 2.75) is 4.90 Å². The van der Waals surface area contributed by atoms with E-state index in [1.807, 2.05) is 30.3 Å². The quantitative estimate of drug-likeness (QED) is 0.662. The second-order valence-corrected chi connectivity index (χ2v) is 4.89. The molecular formula is C14H13N3O2S. The lowest BCUT2D eigenvalue weighted by Crippen LogP contribution is -2.42. The van der Waals surface area contributed by atoms with Crippen LogP contribution in [-0.4, -0.2) is 22.6 Å². The van der Waals surface area contributed by atoms with Crippen molar-refractivity contribution in [3.05, 3.63) is 60.4 Å². The van der Waals surface area contributed by atoms with Gasteiger partial charge < -0.3 is 0 Å². The number of hydrazine groups is 1. The van der Waals surface area contributed by atoms with Crippen LogP contribution < -0.4 is 10.9 Å². The maximum atomic E-state index is 11.7. The van der Waals surface area contributed by atoms with Gasteiger partial charge in [-0.1, -0.05) is 18.2 Å². The zero-order valence-corrected chi connectivity index (χ0v) is 11.4. The Balaban J connectivity index is 1.74. The van der Waals surface area contributed by atoms with Gasteiger partial charge in [0.2, 0.25) is 5.91 Å². The highest BCUT2D eigenvalue weighted by molar-refractivity contribution is 8.00. The smallest absolute Gasteiger partial charge is 0.271 e. The fourth-order valence-electron chi connectivity index (χ4n) is 1.40. The van der Waals surface area contributed by atoms with Crippen molar-refractivity contribution < 1.29 is 9.59 Å². The van der Waals surface area contributed by atoms with Crippen molar-refractivity contribution in [3.8, 4) is 0 Å². The normalized spacial score (nSPS) is 9.80. The molecule has 2 N–H and O–H groups in total. The first-order chi connectivity index (χ1) is 9.75. The minimum Gasteiger partial charge on any atom is -0.272 e. The van der Waals surface area contributed by atoms with E-state index in [9.17, 15) is 9.59 Å². The number of hydrogen-bond acceptors (Lipinski definition) is 4. The summed E-state index contributed by atoms with van der Waals surface area (Å²) in [4.78, 5) is 28.1. The van der Waals surface area contributed by atoms with Crippen molar-refractivity contribution in [1.29, 1.82) is 0 Å². The Morgan fingerprint density at radius 1 is 1.05 bits per heavy atom. The largest absolute Gasteiger partial charge is 0.272 e. The van der Waals surface area contributed by atoms with Crippen molar-refractivity contribution in [3.63, 3.8) is 0 Å². The summed E-state index contributed by atoms with van der Waals surface area (Å²) in [6.07, 6.45) is 3.01. The number of rotatable bonds is 4. The highest BCUT2D eigenvalue weighted by atomic mass is 32.2. The van der Waals surface area contributed by atoms with Crippen molar-refractivity contribution >= 4 is 23.6 Å². The zero-order valence-electron chi connectivity index (χ0n) is 10.6. The first kappa shape index (κ1) is 14.1. The summed E-state index contributed by atoms with van der Waals surface area (Å²) in [5, 5.41) is 0. The van der Waals surface area contributed by atoms with E-state index in [-0.39, 0.29) is 11.7 Å². The monoisotopic (exact) mass is 287 g/mol. The number of nitrogens with one attached hydrogen (secondary N) is 2. The van der Waals surface area contributed by atoms with Gasteiger partial charge in [0.15, 0.2) is 0 Å². The Morgan fingerprint density at radius 2 is 1.85 bits per heavy atom. The van der Waals surface area contributed by atoms with Gasteiger partial charge in [-0.2, -0.15) is 0 Å². The van der Waals surface area contributed by atoms with Crippen molar-refractivity contribution in [2.24, 2.45) is 0 Å². The van der Waals surface area contributed by atoms with Crippen LogP contribution in [0.2, 0.25) is 0 Å². The van der Waals surface area contributed by atoms with E-state index in [2.05, 4.69) is 15.8 Å². The molecule has 0 fully saturated rings. The Morgan fingerprint density at radius 3 is 2.55 bits per heavy atom. The Hall–Kier alpha value is -2.34. The summed E-state index contributed by atoms with van der Waals surface area (Å²) in [6.45, 7) is 0. The molecule has 102 valence electrons. The first-order valence-electron chi connectivity index (χ1n) is 5.93. The molecule has 6 heteroatoms. The SMILES string of the molecule is O=C(CSc1ccccc1)NNC(=O)c1cccnc1. The molecule has 0 aliphatic heterocycles. The van der Waals surface area contributed by atoms with Gasteiger partial charge in [0.25, 0.3) is 5.91 Å². The van der Waals surface area contributed by atoms with Crippen LogP contribution in [0.1, 0.15) is 10.4 Å². The summed E-state index contributed by atoms with van der Waals surface area (Å²) in [5.74, 6) is -0.426. The average Bonchev–Trinajstić information content (AvgIpc) is 2.52. The van der Waals surface area contributed by atoms with E-state index < -0.39 is 5.91 Å². The van der Waals surface area contributed by atoms with Gasteiger partial charge in [0.1, 0.15) is 0 Å². The summed E-state index contributed by atoms with van der Waals surface area (Å²) >= 11 is 1.40. The fourth-order valence-corrected chi connectivity index (χ4v) is 2.12. The van der Waals surface area contributed by atoms with Crippen LogP contribution in [0, 0.1) is 0 Å². The molecule has 0 bridgehead atoms. The molecule has 5 nitrogen and oxygen atoms in total. The predicted octanol–water partition coefficient (Wildman–Crippen LogP) is 1.63. The lowest BCUT2D eigenvalue weighted by atomic mass is 10.3. The Bertz CT molecular complexity index is 575. The molecule has 1 heterocycles. The van der Waals surface area contributed by atoms with E-state index in [0.29, 0.717) is 5.56 Å². The first-order valence-corrected chi connectivity index (χ1v) is 6.91. The second kappa shape index (κ2) is 7.30. The third-order valence-electron chi connectivity index (χ3n) is 2.35. The Kier molecular flexibility index (Phi) is 5.14. The van der Waals surface area contributed by atoms with Crippen molar-refractivity contribution in [2.75, 3.05) is 5.75 Å². The highest BCUT2D eigenvalue weighted by Gasteiger charge is 2.07. The third kappa shape index (κ3) is 4.40. The van der Waals surface area contributed by atoms with Gasteiger partial charge in [0, 0.05) is 17.3 Å². The maximum Gasteiger partial charge on any atom is 0.271 e. The molecule has 2 rings (SSSR count). The molecule has 0 radical (unpaired) electrons. The average molecular weight is 287 g/mol. The van der Waals surface area contributed by atoms with E-state index in [1.165, 1.54) is 18.0 Å². The number of amides is 2. The number of hydrogen-bond donors (Lipinski definition) is 2. The zero-order chi connectivity index (χ0) is 14.2. The minimum absolute atomic E-state index is 0.233. The third-order valence-corrected chi connectivity index (χ3v) is 3.36. The van der Waals surface area contributed by atoms with Crippen molar-refractivity contribution in [1.82, 2.24) is 15.8 Å². The van der Waals surface area contributed by atoms with Crippen LogP contribution in [0.25, 0.3) is 0 Å². The standard InChI is InChI=1S/C14H13N3O2S/c18-13(10-20-12-6-2-1-3-7-12)16-17-14(19)11-5-4-8-15-9-11/h1-9H,10H2,(H,16,18)(H,17,19). The summed E-state index contributed by atoms with van der Waals surface area (Å²) in [6, 6.07) is 12.8. The number of carbonyl (C=O) groups is 2. The summed E-state index contributed by atoms with van der Waals surface area (Å²) in [7, 11) is 0. The van der Waals surface area contributed by atoms with E-state index in [0.717, 1.165) is 4.90 Å². The van der Waals surface area contributed by atoms with Crippen LogP contribution in [-0.2, 0) is 4.79 Å². The van der Waals surface area contributed by atoms with E-state index in [1.54, 1.807) is 18.3 Å². The van der Waals surface area contributed by atoms with Gasteiger partial charge in [-0.15, -0.1) is 11.8 Å². The second-order valence-electron chi connectivity index (χ2n) is 3.85. The molecule has 0 saturated carbocycles. The van der Waals surface area contributed by atoms with Crippen LogP contribution in [0.3, 0.4) is 0 Å². The minimum atomic E-state index is -0.392. The molecule has 1 aromatic heterocycles. The maximum absolute atomic E-state index is 11.7. The highest BCUT2D eigenvalue weighted by Crippen LogP contribution is 2.15. The van der Waals surface area contributed by atoms with Gasteiger partial charge >= 0.3 is 0 Å². The molecule has 0 aliphatic rings. The lowest BCUT2D eigenvalue weighted by Gasteiger charge is -2.06. The molecule has 20 heavy (non-hydrogen) atoms. The molecule has 1 aromatic carbocycles. The molecule has 2 amide bonds. The topological polar surface area (TPSA) is 71.1 Å². The molecule has 0 spiro atoms. The molecular weight excluding hydrogens is 274 g/mol. The van der Waals surface area contributed by atoms with Crippen LogP contribution in [0.4, 0.5) is 0 Å². The summed E-state index contributed by atoms with van der Waals surface area (Å²) < 4.78 is 0. The van der Waals surface area contributed by atoms with Crippen LogP contribution >= 0.6 is 11.8 Å². The number of pyridine rings is 1. The Labute approximate surface area is 120 Å². The van der Waals surface area contributed by atoms with Gasteiger partial charge in [-0.05, 0) is 24.3 Å². The molecule has 0 aliphatic carbocycles. The lowest BCUT2D eigenvalue weighted by molar-refractivity contribution is -0.119. The molecule has 0 saturated heterocycles. The van der Waals surface area contributed by atoms with Crippen LogP contribution in [0.5, 0.6) is 0 Å². The predicted molar refractivity (Wildman–Crippen MR) is 77.0 cm³/mol. The molecule has 2 aromatic rings. The summed E-state index contributed by atoms with van der Waals surface area (Å²) in [5.41, 5.74) is 5.10. The van der Waals surface area contributed by atoms with Gasteiger partial charge in [-0.3, -0.25) is 25.4 Å². The number of thioether (sulfide) groups is 1. The number of benzene rings is 1. The van der Waals surface area contributed by atoms with Gasteiger partial charge in [-0.25, -0.2) is 0 Å². The van der Waals surface area contributed by atoms with E-state index in [4.69, 9.17) is 0 Å². The molecule has 0 atom stereocenters. The number of carbonyl (C=O) groups excluding carboxylic acids is 2. The van der Waals surface area contributed by atoms with Gasteiger partial charge in [0.05, 0.1) is 11.3 Å².